The zero-order valence-corrected chi connectivity index (χ0v) is 11.4. The first-order valence-corrected chi connectivity index (χ1v) is 6.76. The van der Waals surface area contributed by atoms with E-state index in [9.17, 15) is 5.11 Å². The lowest BCUT2D eigenvalue weighted by molar-refractivity contribution is -0.00533. The standard InChI is InChI=1S/C13H18BrNO2/c14-11-1-3-12(4-2-11)15-8-5-13(17,6-9-15)7-10-16/h1-4,16-17H,5-10H2. The summed E-state index contributed by atoms with van der Waals surface area (Å²) >= 11 is 3.42. The maximum atomic E-state index is 10.2. The molecule has 1 fully saturated rings. The van der Waals surface area contributed by atoms with Gasteiger partial charge in [-0.3, -0.25) is 0 Å². The lowest BCUT2D eigenvalue weighted by atomic mass is 9.88. The largest absolute Gasteiger partial charge is 0.396 e. The van der Waals surface area contributed by atoms with E-state index in [1.54, 1.807) is 0 Å². The van der Waals surface area contributed by atoms with Crippen molar-refractivity contribution in [2.24, 2.45) is 0 Å². The number of piperidine rings is 1. The molecule has 17 heavy (non-hydrogen) atoms. The van der Waals surface area contributed by atoms with Crippen LogP contribution in [0.3, 0.4) is 0 Å². The Hall–Kier alpha value is -0.580. The van der Waals surface area contributed by atoms with E-state index >= 15 is 0 Å². The molecule has 0 unspecified atom stereocenters. The molecule has 1 aromatic rings. The van der Waals surface area contributed by atoms with Gasteiger partial charge >= 0.3 is 0 Å². The molecule has 0 amide bonds. The number of nitrogens with zero attached hydrogens (tertiary/aromatic N) is 1. The molecule has 0 radical (unpaired) electrons. The molecule has 0 atom stereocenters. The van der Waals surface area contributed by atoms with Crippen LogP contribution < -0.4 is 4.90 Å². The van der Waals surface area contributed by atoms with E-state index < -0.39 is 5.60 Å². The number of hydrogen-bond donors (Lipinski definition) is 2. The van der Waals surface area contributed by atoms with Gasteiger partial charge in [-0.2, -0.15) is 0 Å². The highest BCUT2D eigenvalue weighted by Crippen LogP contribution is 2.29. The highest BCUT2D eigenvalue weighted by Gasteiger charge is 2.31. The van der Waals surface area contributed by atoms with E-state index in [1.807, 2.05) is 12.1 Å². The summed E-state index contributed by atoms with van der Waals surface area (Å²) < 4.78 is 1.08. The van der Waals surface area contributed by atoms with Crippen LogP contribution in [0.25, 0.3) is 0 Å². The third-order valence-electron chi connectivity index (χ3n) is 3.46. The van der Waals surface area contributed by atoms with Crippen molar-refractivity contribution >= 4 is 21.6 Å². The molecule has 0 aromatic heterocycles. The minimum atomic E-state index is -0.666. The molecule has 1 heterocycles. The maximum absolute atomic E-state index is 10.2. The Bertz CT molecular complexity index is 358. The van der Waals surface area contributed by atoms with Gasteiger partial charge in [0, 0.05) is 29.9 Å². The summed E-state index contributed by atoms with van der Waals surface area (Å²) in [4.78, 5) is 2.28. The van der Waals surface area contributed by atoms with Crippen LogP contribution in [-0.4, -0.2) is 35.5 Å². The van der Waals surface area contributed by atoms with Gasteiger partial charge in [0.2, 0.25) is 0 Å². The Balaban J connectivity index is 1.97. The maximum Gasteiger partial charge on any atom is 0.0703 e. The molecule has 94 valence electrons. The number of anilines is 1. The molecule has 0 aliphatic carbocycles. The SMILES string of the molecule is OCCC1(O)CCN(c2ccc(Br)cc2)CC1. The van der Waals surface area contributed by atoms with Crippen molar-refractivity contribution in [3.63, 3.8) is 0 Å². The molecule has 1 saturated heterocycles. The molecule has 4 heteroatoms. The van der Waals surface area contributed by atoms with Gasteiger partial charge in [-0.05, 0) is 43.5 Å². The minimum absolute atomic E-state index is 0.0643. The first kappa shape index (κ1) is 12.9. The number of aliphatic hydroxyl groups excluding tert-OH is 1. The van der Waals surface area contributed by atoms with E-state index in [2.05, 4.69) is 33.0 Å². The molecule has 0 spiro atoms. The van der Waals surface area contributed by atoms with Gasteiger partial charge in [-0.15, -0.1) is 0 Å². The molecule has 1 aliphatic rings. The Kier molecular flexibility index (Phi) is 4.07. The predicted molar refractivity (Wildman–Crippen MR) is 72.2 cm³/mol. The normalized spacial score (nSPS) is 19.4. The fourth-order valence-corrected chi connectivity index (χ4v) is 2.56. The Labute approximate surface area is 110 Å². The Morgan fingerprint density at radius 1 is 1.18 bits per heavy atom. The highest BCUT2D eigenvalue weighted by atomic mass is 79.9. The van der Waals surface area contributed by atoms with Gasteiger partial charge in [0.1, 0.15) is 0 Å². The fraction of sp³-hybridized carbons (Fsp3) is 0.538. The average Bonchev–Trinajstić information content (AvgIpc) is 2.31. The summed E-state index contributed by atoms with van der Waals surface area (Å²) in [5.41, 5.74) is 0.528. The highest BCUT2D eigenvalue weighted by molar-refractivity contribution is 9.10. The topological polar surface area (TPSA) is 43.7 Å². The van der Waals surface area contributed by atoms with Crippen molar-refractivity contribution in [1.82, 2.24) is 0 Å². The quantitative estimate of drug-likeness (QED) is 0.899. The van der Waals surface area contributed by atoms with E-state index in [0.29, 0.717) is 6.42 Å². The van der Waals surface area contributed by atoms with Crippen LogP contribution in [0.1, 0.15) is 19.3 Å². The van der Waals surface area contributed by atoms with E-state index in [1.165, 1.54) is 5.69 Å². The van der Waals surface area contributed by atoms with Gasteiger partial charge in [0.15, 0.2) is 0 Å². The van der Waals surface area contributed by atoms with E-state index in [0.717, 1.165) is 30.4 Å². The molecular formula is C13H18BrNO2. The van der Waals surface area contributed by atoms with Crippen LogP contribution in [0.15, 0.2) is 28.7 Å². The number of halogens is 1. The van der Waals surface area contributed by atoms with Crippen molar-refractivity contribution in [1.29, 1.82) is 0 Å². The molecule has 3 nitrogen and oxygen atoms in total. The third-order valence-corrected chi connectivity index (χ3v) is 3.99. The summed E-state index contributed by atoms with van der Waals surface area (Å²) in [6, 6.07) is 8.23. The van der Waals surface area contributed by atoms with Gasteiger partial charge < -0.3 is 15.1 Å². The Morgan fingerprint density at radius 3 is 2.29 bits per heavy atom. The van der Waals surface area contributed by atoms with E-state index in [4.69, 9.17) is 5.11 Å². The zero-order valence-electron chi connectivity index (χ0n) is 9.77. The molecule has 2 N–H and O–H groups in total. The summed E-state index contributed by atoms with van der Waals surface area (Å²) in [6.07, 6.45) is 1.94. The lowest BCUT2D eigenvalue weighted by Crippen LogP contribution is -2.44. The average molecular weight is 300 g/mol. The van der Waals surface area contributed by atoms with Gasteiger partial charge in [0.25, 0.3) is 0 Å². The summed E-state index contributed by atoms with van der Waals surface area (Å²) in [5, 5.41) is 19.1. The Morgan fingerprint density at radius 2 is 1.76 bits per heavy atom. The van der Waals surface area contributed by atoms with Crippen LogP contribution in [0.2, 0.25) is 0 Å². The van der Waals surface area contributed by atoms with Crippen molar-refractivity contribution < 1.29 is 10.2 Å². The number of hydrogen-bond acceptors (Lipinski definition) is 3. The number of benzene rings is 1. The minimum Gasteiger partial charge on any atom is -0.396 e. The third kappa shape index (κ3) is 3.21. The molecule has 0 bridgehead atoms. The second-order valence-corrected chi connectivity index (χ2v) is 5.58. The molecule has 2 rings (SSSR count). The van der Waals surface area contributed by atoms with Gasteiger partial charge in [0.05, 0.1) is 5.60 Å². The van der Waals surface area contributed by atoms with Crippen molar-refractivity contribution in [2.75, 3.05) is 24.6 Å². The van der Waals surface area contributed by atoms with Crippen molar-refractivity contribution in [3.8, 4) is 0 Å². The fourth-order valence-electron chi connectivity index (χ4n) is 2.29. The molecule has 1 aromatic carbocycles. The summed E-state index contributed by atoms with van der Waals surface area (Å²) in [5.74, 6) is 0. The van der Waals surface area contributed by atoms with Crippen LogP contribution in [0, 0.1) is 0 Å². The smallest absolute Gasteiger partial charge is 0.0703 e. The molecular weight excluding hydrogens is 282 g/mol. The lowest BCUT2D eigenvalue weighted by Gasteiger charge is -2.39. The molecule has 1 aliphatic heterocycles. The second-order valence-electron chi connectivity index (χ2n) is 4.66. The van der Waals surface area contributed by atoms with Crippen molar-refractivity contribution in [3.05, 3.63) is 28.7 Å². The zero-order chi connectivity index (χ0) is 12.3. The second kappa shape index (κ2) is 5.38. The summed E-state index contributed by atoms with van der Waals surface area (Å²) in [6.45, 7) is 1.76. The van der Waals surface area contributed by atoms with Crippen LogP contribution in [-0.2, 0) is 0 Å². The van der Waals surface area contributed by atoms with Crippen LogP contribution in [0.5, 0.6) is 0 Å². The first-order chi connectivity index (χ1) is 8.13. The number of aliphatic hydroxyl groups is 2. The van der Waals surface area contributed by atoms with Crippen LogP contribution in [0.4, 0.5) is 5.69 Å². The van der Waals surface area contributed by atoms with Crippen LogP contribution >= 0.6 is 15.9 Å². The monoisotopic (exact) mass is 299 g/mol. The first-order valence-electron chi connectivity index (χ1n) is 5.97. The van der Waals surface area contributed by atoms with Gasteiger partial charge in [-0.1, -0.05) is 15.9 Å². The van der Waals surface area contributed by atoms with E-state index in [-0.39, 0.29) is 6.61 Å². The predicted octanol–water partition coefficient (Wildman–Crippen LogP) is 2.16. The summed E-state index contributed by atoms with van der Waals surface area (Å²) in [7, 11) is 0. The molecule has 0 saturated carbocycles. The van der Waals surface area contributed by atoms with Gasteiger partial charge in [-0.25, -0.2) is 0 Å². The number of rotatable bonds is 3. The van der Waals surface area contributed by atoms with Crippen molar-refractivity contribution in [2.45, 2.75) is 24.9 Å².